The van der Waals surface area contributed by atoms with Gasteiger partial charge in [-0.05, 0) is 24.7 Å². The Kier molecular flexibility index (Phi) is 6.14. The second kappa shape index (κ2) is 7.13. The van der Waals surface area contributed by atoms with Crippen LogP contribution in [0.1, 0.15) is 11.5 Å². The van der Waals surface area contributed by atoms with Crippen molar-refractivity contribution in [2.45, 2.75) is 15.7 Å². The van der Waals surface area contributed by atoms with Gasteiger partial charge in [0.1, 0.15) is 0 Å². The maximum atomic E-state index is 11.8. The third-order valence-electron chi connectivity index (χ3n) is 2.79. The van der Waals surface area contributed by atoms with Gasteiger partial charge in [-0.2, -0.15) is 0 Å². The zero-order valence-electron chi connectivity index (χ0n) is 10.9. The smallest absolute Gasteiger partial charge is 0.0501 e. The average molecular weight is 288 g/mol. The maximum Gasteiger partial charge on any atom is 0.0501 e. The van der Waals surface area contributed by atoms with E-state index in [1.165, 1.54) is 0 Å². The van der Waals surface area contributed by atoms with Crippen LogP contribution in [0, 0.1) is 0 Å². The molecule has 0 bridgehead atoms. The standard InChI is InChI=1S/C12H20N2O2S2/c1-14-8-9(7-13)12-10(17(2)15)5-4-6-11(12)18(3)16/h4-6,9,14H,7-8,13H2,1-3H3. The molecule has 0 spiro atoms. The lowest BCUT2D eigenvalue weighted by Crippen LogP contribution is -2.26. The average Bonchev–Trinajstić information content (AvgIpc) is 2.34. The van der Waals surface area contributed by atoms with E-state index in [-0.39, 0.29) is 5.92 Å². The van der Waals surface area contributed by atoms with Gasteiger partial charge in [0.15, 0.2) is 0 Å². The van der Waals surface area contributed by atoms with Gasteiger partial charge in [-0.15, -0.1) is 0 Å². The van der Waals surface area contributed by atoms with Crippen molar-refractivity contribution >= 4 is 21.6 Å². The van der Waals surface area contributed by atoms with Crippen LogP contribution < -0.4 is 11.1 Å². The number of hydrogen-bond donors (Lipinski definition) is 2. The van der Waals surface area contributed by atoms with Crippen molar-refractivity contribution in [1.29, 1.82) is 0 Å². The first-order chi connectivity index (χ1) is 8.52. The highest BCUT2D eigenvalue weighted by Crippen LogP contribution is 2.27. The Morgan fingerprint density at radius 3 is 2.06 bits per heavy atom. The molecule has 3 atom stereocenters. The van der Waals surface area contributed by atoms with E-state index in [1.54, 1.807) is 18.6 Å². The number of rotatable bonds is 6. The number of hydrogen-bond acceptors (Lipinski definition) is 4. The lowest BCUT2D eigenvalue weighted by Gasteiger charge is -2.20. The van der Waals surface area contributed by atoms with Crippen molar-refractivity contribution < 1.29 is 8.42 Å². The van der Waals surface area contributed by atoms with Crippen molar-refractivity contribution in [2.75, 3.05) is 32.6 Å². The second-order valence-electron chi connectivity index (χ2n) is 4.07. The molecule has 0 radical (unpaired) electrons. The topological polar surface area (TPSA) is 72.2 Å². The quantitative estimate of drug-likeness (QED) is 0.796. The first-order valence-electron chi connectivity index (χ1n) is 5.67. The van der Waals surface area contributed by atoms with Crippen molar-refractivity contribution in [3.63, 3.8) is 0 Å². The minimum absolute atomic E-state index is 0.0222. The fraction of sp³-hybridized carbons (Fsp3) is 0.500. The minimum atomic E-state index is -1.11. The number of likely N-dealkylation sites (N-methyl/N-ethyl adjacent to an activating group) is 1. The van der Waals surface area contributed by atoms with Gasteiger partial charge in [0.2, 0.25) is 0 Å². The van der Waals surface area contributed by atoms with E-state index in [4.69, 9.17) is 5.73 Å². The van der Waals surface area contributed by atoms with Gasteiger partial charge in [-0.3, -0.25) is 8.42 Å². The molecule has 6 heteroatoms. The molecule has 0 aliphatic rings. The SMILES string of the molecule is CNCC(CN)c1c(S(C)=O)cccc1S(C)=O. The van der Waals surface area contributed by atoms with Gasteiger partial charge in [-0.1, -0.05) is 6.07 Å². The summed E-state index contributed by atoms with van der Waals surface area (Å²) >= 11 is 0. The van der Waals surface area contributed by atoms with Crippen molar-refractivity contribution in [2.24, 2.45) is 5.73 Å². The first kappa shape index (κ1) is 15.5. The molecule has 0 heterocycles. The summed E-state index contributed by atoms with van der Waals surface area (Å²) in [7, 11) is -0.378. The van der Waals surface area contributed by atoms with E-state index in [9.17, 15) is 8.42 Å². The summed E-state index contributed by atoms with van der Waals surface area (Å²) in [6.07, 6.45) is 3.27. The van der Waals surface area contributed by atoms with E-state index < -0.39 is 21.6 Å². The molecule has 0 aliphatic carbocycles. The van der Waals surface area contributed by atoms with Crippen molar-refractivity contribution in [3.8, 4) is 0 Å². The van der Waals surface area contributed by atoms with Crippen LogP contribution in [0.2, 0.25) is 0 Å². The predicted molar refractivity (Wildman–Crippen MR) is 76.8 cm³/mol. The summed E-state index contributed by atoms with van der Waals surface area (Å²) in [5.41, 5.74) is 6.66. The Bertz CT molecular complexity index is 431. The molecule has 0 amide bonds. The summed E-state index contributed by atoms with van der Waals surface area (Å²) in [5.74, 6) is 0.0222. The van der Waals surface area contributed by atoms with E-state index in [0.717, 1.165) is 15.4 Å². The Morgan fingerprint density at radius 2 is 1.72 bits per heavy atom. The molecule has 0 aliphatic heterocycles. The summed E-state index contributed by atoms with van der Waals surface area (Å²) in [6, 6.07) is 5.43. The lowest BCUT2D eigenvalue weighted by molar-refractivity contribution is 0.613. The number of nitrogens with two attached hydrogens (primary N) is 1. The Balaban J connectivity index is 3.42. The van der Waals surface area contributed by atoms with Crippen LogP contribution in [0.5, 0.6) is 0 Å². The minimum Gasteiger partial charge on any atom is -0.330 e. The monoisotopic (exact) mass is 288 g/mol. The Morgan fingerprint density at radius 1 is 1.22 bits per heavy atom. The third-order valence-corrected chi connectivity index (χ3v) is 4.74. The van der Waals surface area contributed by atoms with Gasteiger partial charge >= 0.3 is 0 Å². The fourth-order valence-electron chi connectivity index (χ4n) is 1.98. The molecule has 0 aromatic heterocycles. The molecular formula is C12H20N2O2S2. The number of benzene rings is 1. The highest BCUT2D eigenvalue weighted by atomic mass is 32.2. The highest BCUT2D eigenvalue weighted by Gasteiger charge is 2.20. The maximum absolute atomic E-state index is 11.8. The molecule has 18 heavy (non-hydrogen) atoms. The lowest BCUT2D eigenvalue weighted by atomic mass is 9.99. The zero-order valence-corrected chi connectivity index (χ0v) is 12.6. The van der Waals surface area contributed by atoms with Gasteiger partial charge in [0, 0.05) is 41.3 Å². The van der Waals surface area contributed by atoms with E-state index in [0.29, 0.717) is 13.1 Å². The van der Waals surface area contributed by atoms with Crippen LogP contribution >= 0.6 is 0 Å². The molecule has 3 unspecified atom stereocenters. The first-order valence-corrected chi connectivity index (χ1v) is 8.79. The van der Waals surface area contributed by atoms with Crippen LogP contribution in [0.15, 0.2) is 28.0 Å². The van der Waals surface area contributed by atoms with Crippen molar-refractivity contribution in [1.82, 2.24) is 5.32 Å². The van der Waals surface area contributed by atoms with Gasteiger partial charge in [0.25, 0.3) is 0 Å². The molecule has 0 fully saturated rings. The van der Waals surface area contributed by atoms with Gasteiger partial charge < -0.3 is 11.1 Å². The van der Waals surface area contributed by atoms with Crippen LogP contribution in [-0.2, 0) is 21.6 Å². The summed E-state index contributed by atoms with van der Waals surface area (Å²) in [4.78, 5) is 1.46. The summed E-state index contributed by atoms with van der Waals surface area (Å²) < 4.78 is 23.6. The van der Waals surface area contributed by atoms with Crippen LogP contribution in [0.4, 0.5) is 0 Å². The van der Waals surface area contributed by atoms with E-state index >= 15 is 0 Å². The van der Waals surface area contributed by atoms with E-state index in [1.807, 2.05) is 19.2 Å². The predicted octanol–water partition coefficient (Wildman–Crippen LogP) is 0.423. The normalized spacial score (nSPS) is 16.2. The Hall–Kier alpha value is -0.560. The highest BCUT2D eigenvalue weighted by molar-refractivity contribution is 7.85. The molecular weight excluding hydrogens is 268 g/mol. The van der Waals surface area contributed by atoms with Crippen LogP contribution in [0.3, 0.4) is 0 Å². The molecule has 0 saturated carbocycles. The second-order valence-corrected chi connectivity index (χ2v) is 6.76. The fourth-order valence-corrected chi connectivity index (χ4v) is 3.75. The summed E-state index contributed by atoms with van der Waals surface area (Å²) in [5, 5.41) is 3.07. The van der Waals surface area contributed by atoms with Crippen molar-refractivity contribution in [3.05, 3.63) is 23.8 Å². The molecule has 4 nitrogen and oxygen atoms in total. The van der Waals surface area contributed by atoms with Crippen LogP contribution in [0.25, 0.3) is 0 Å². The molecule has 3 N–H and O–H groups in total. The van der Waals surface area contributed by atoms with Gasteiger partial charge in [0.05, 0.1) is 21.6 Å². The molecule has 102 valence electrons. The Labute approximate surface area is 113 Å². The largest absolute Gasteiger partial charge is 0.330 e. The molecule has 1 aromatic carbocycles. The molecule has 1 aromatic rings. The third kappa shape index (κ3) is 3.47. The molecule has 0 saturated heterocycles. The van der Waals surface area contributed by atoms with Crippen LogP contribution in [-0.4, -0.2) is 41.1 Å². The van der Waals surface area contributed by atoms with Gasteiger partial charge in [-0.25, -0.2) is 0 Å². The number of nitrogens with one attached hydrogen (secondary N) is 1. The van der Waals surface area contributed by atoms with E-state index in [2.05, 4.69) is 5.32 Å². The summed E-state index contributed by atoms with van der Waals surface area (Å²) in [6.45, 7) is 1.11. The zero-order chi connectivity index (χ0) is 13.7. The molecule has 1 rings (SSSR count).